The summed E-state index contributed by atoms with van der Waals surface area (Å²) in [5.74, 6) is 0.448. The molecule has 0 bridgehead atoms. The van der Waals surface area contributed by atoms with Crippen molar-refractivity contribution in [1.82, 2.24) is 10.2 Å². The summed E-state index contributed by atoms with van der Waals surface area (Å²) < 4.78 is 44.3. The van der Waals surface area contributed by atoms with Crippen LogP contribution in [0.5, 0.6) is 0 Å². The second-order valence-electron chi connectivity index (χ2n) is 4.68. The molecule has 118 valence electrons. The van der Waals surface area contributed by atoms with Crippen molar-refractivity contribution in [2.75, 3.05) is 0 Å². The van der Waals surface area contributed by atoms with Gasteiger partial charge in [-0.1, -0.05) is 48.2 Å². The average molecular weight is 336 g/mol. The van der Waals surface area contributed by atoms with Gasteiger partial charge in [0.25, 0.3) is 5.22 Å². The minimum atomic E-state index is -4.37. The number of nitrogens with zero attached hydrogens (tertiary/aromatic N) is 2. The zero-order valence-corrected chi connectivity index (χ0v) is 12.6. The van der Waals surface area contributed by atoms with Gasteiger partial charge >= 0.3 is 6.18 Å². The van der Waals surface area contributed by atoms with E-state index < -0.39 is 11.7 Å². The molecule has 23 heavy (non-hydrogen) atoms. The molecule has 0 unspecified atom stereocenters. The summed E-state index contributed by atoms with van der Waals surface area (Å²) in [4.78, 5) is 0. The number of halogens is 3. The van der Waals surface area contributed by atoms with E-state index in [0.717, 1.165) is 23.4 Å². The highest BCUT2D eigenvalue weighted by Gasteiger charge is 2.32. The molecule has 0 N–H and O–H groups in total. The number of hydrogen-bond acceptors (Lipinski definition) is 4. The monoisotopic (exact) mass is 336 g/mol. The summed E-state index contributed by atoms with van der Waals surface area (Å²) in [6.07, 6.45) is -4.37. The molecule has 0 atom stereocenters. The van der Waals surface area contributed by atoms with E-state index in [-0.39, 0.29) is 16.5 Å². The summed E-state index contributed by atoms with van der Waals surface area (Å²) in [5.41, 5.74) is 0.308. The predicted molar refractivity (Wildman–Crippen MR) is 80.7 cm³/mol. The summed E-state index contributed by atoms with van der Waals surface area (Å²) >= 11 is 1.08. The lowest BCUT2D eigenvalue weighted by molar-refractivity contribution is -0.138. The van der Waals surface area contributed by atoms with Gasteiger partial charge in [-0.25, -0.2) is 0 Å². The highest BCUT2D eigenvalue weighted by atomic mass is 32.2. The van der Waals surface area contributed by atoms with Gasteiger partial charge in [-0.15, -0.1) is 10.2 Å². The minimum Gasteiger partial charge on any atom is -0.411 e. The van der Waals surface area contributed by atoms with Gasteiger partial charge in [-0.05, 0) is 23.8 Å². The van der Waals surface area contributed by atoms with Crippen molar-refractivity contribution < 1.29 is 17.6 Å². The van der Waals surface area contributed by atoms with Crippen LogP contribution in [0.25, 0.3) is 11.5 Å². The molecule has 0 radical (unpaired) electrons. The maximum atomic E-state index is 12.9. The van der Waals surface area contributed by atoms with Crippen LogP contribution in [0, 0.1) is 0 Å². The normalized spacial score (nSPS) is 11.6. The number of thioether (sulfide) groups is 1. The molecule has 0 spiro atoms. The number of rotatable bonds is 4. The minimum absolute atomic E-state index is 0.103. The van der Waals surface area contributed by atoms with Gasteiger partial charge in [0.1, 0.15) is 0 Å². The molecule has 3 aromatic rings. The Hall–Kier alpha value is -2.28. The molecular weight excluding hydrogens is 325 g/mol. The molecule has 0 aliphatic rings. The van der Waals surface area contributed by atoms with Crippen LogP contribution >= 0.6 is 11.8 Å². The largest absolute Gasteiger partial charge is 0.416 e. The van der Waals surface area contributed by atoms with Crippen LogP contribution in [0.15, 0.2) is 64.2 Å². The Morgan fingerprint density at radius 3 is 2.35 bits per heavy atom. The number of aromatic nitrogens is 2. The van der Waals surface area contributed by atoms with E-state index in [4.69, 9.17) is 4.42 Å². The quantitative estimate of drug-likeness (QED) is 0.625. The van der Waals surface area contributed by atoms with Crippen LogP contribution in [-0.4, -0.2) is 10.2 Å². The van der Waals surface area contributed by atoms with Crippen LogP contribution in [0.1, 0.15) is 11.1 Å². The van der Waals surface area contributed by atoms with Gasteiger partial charge in [0.05, 0.1) is 5.56 Å². The smallest absolute Gasteiger partial charge is 0.411 e. The topological polar surface area (TPSA) is 38.9 Å². The fourth-order valence-electron chi connectivity index (χ4n) is 2.03. The number of benzene rings is 2. The highest BCUT2D eigenvalue weighted by Crippen LogP contribution is 2.34. The molecule has 3 rings (SSSR count). The fourth-order valence-corrected chi connectivity index (χ4v) is 2.79. The first-order valence-electron chi connectivity index (χ1n) is 6.71. The zero-order valence-electron chi connectivity index (χ0n) is 11.7. The van der Waals surface area contributed by atoms with Gasteiger partial charge < -0.3 is 4.42 Å². The second-order valence-corrected chi connectivity index (χ2v) is 5.61. The third-order valence-electron chi connectivity index (χ3n) is 3.10. The van der Waals surface area contributed by atoms with Crippen molar-refractivity contribution in [2.24, 2.45) is 0 Å². The van der Waals surface area contributed by atoms with Crippen LogP contribution in [0.2, 0.25) is 0 Å². The zero-order chi connectivity index (χ0) is 16.3. The molecule has 0 amide bonds. The molecule has 0 saturated carbocycles. The Morgan fingerprint density at radius 2 is 1.61 bits per heavy atom. The van der Waals surface area contributed by atoms with E-state index in [1.165, 1.54) is 12.1 Å². The van der Waals surface area contributed by atoms with Gasteiger partial charge in [-0.3, -0.25) is 0 Å². The third kappa shape index (κ3) is 3.73. The molecule has 0 saturated heterocycles. The number of hydrogen-bond donors (Lipinski definition) is 0. The lowest BCUT2D eigenvalue weighted by atomic mass is 10.1. The first kappa shape index (κ1) is 15.6. The highest BCUT2D eigenvalue weighted by molar-refractivity contribution is 7.98. The molecule has 2 aromatic carbocycles. The maximum absolute atomic E-state index is 12.9. The van der Waals surface area contributed by atoms with Gasteiger partial charge in [0.2, 0.25) is 5.89 Å². The second kappa shape index (κ2) is 6.45. The molecule has 7 heteroatoms. The van der Waals surface area contributed by atoms with Crippen molar-refractivity contribution in [1.29, 1.82) is 0 Å². The first-order valence-corrected chi connectivity index (χ1v) is 7.69. The molecule has 3 nitrogen and oxygen atoms in total. The average Bonchev–Trinajstić information content (AvgIpc) is 3.02. The molecule has 0 fully saturated rings. The van der Waals surface area contributed by atoms with E-state index in [1.807, 2.05) is 30.3 Å². The van der Waals surface area contributed by atoms with Gasteiger partial charge in [0.15, 0.2) is 0 Å². The molecule has 1 heterocycles. The van der Waals surface area contributed by atoms with Crippen molar-refractivity contribution in [2.45, 2.75) is 17.2 Å². The van der Waals surface area contributed by atoms with Crippen LogP contribution in [0.3, 0.4) is 0 Å². The van der Waals surface area contributed by atoms with Crippen LogP contribution in [0.4, 0.5) is 13.2 Å². The summed E-state index contributed by atoms with van der Waals surface area (Å²) in [6.45, 7) is 0. The summed E-state index contributed by atoms with van der Waals surface area (Å²) in [5, 5.41) is 8.01. The molecule has 0 aliphatic carbocycles. The van der Waals surface area contributed by atoms with E-state index in [2.05, 4.69) is 10.2 Å². The predicted octanol–water partition coefficient (Wildman–Crippen LogP) is 5.05. The van der Waals surface area contributed by atoms with Crippen LogP contribution in [-0.2, 0) is 11.9 Å². The Balaban J connectivity index is 1.74. The van der Waals surface area contributed by atoms with E-state index in [9.17, 15) is 13.2 Å². The van der Waals surface area contributed by atoms with Crippen molar-refractivity contribution in [3.63, 3.8) is 0 Å². The molecule has 1 aromatic heterocycles. The first-order chi connectivity index (χ1) is 11.0. The van der Waals surface area contributed by atoms with Crippen LogP contribution < -0.4 is 0 Å². The van der Waals surface area contributed by atoms with E-state index >= 15 is 0 Å². The Morgan fingerprint density at radius 1 is 0.913 bits per heavy atom. The lowest BCUT2D eigenvalue weighted by Crippen LogP contribution is -2.08. The van der Waals surface area contributed by atoms with E-state index in [1.54, 1.807) is 6.07 Å². The van der Waals surface area contributed by atoms with Crippen molar-refractivity contribution in [3.05, 3.63) is 65.7 Å². The lowest BCUT2D eigenvalue weighted by Gasteiger charge is -2.11. The maximum Gasteiger partial charge on any atom is 0.416 e. The number of alkyl halides is 3. The fraction of sp³-hybridized carbons (Fsp3) is 0.125. The Kier molecular flexibility index (Phi) is 4.38. The van der Waals surface area contributed by atoms with Gasteiger partial charge in [0, 0.05) is 11.3 Å². The van der Waals surface area contributed by atoms with E-state index in [0.29, 0.717) is 5.89 Å². The SMILES string of the molecule is FC(F)(F)c1ccccc1CSc1nnc(-c2ccccc2)o1. The Labute approximate surface area is 134 Å². The Bertz CT molecular complexity index is 787. The van der Waals surface area contributed by atoms with Crippen molar-refractivity contribution in [3.8, 4) is 11.5 Å². The standard InChI is InChI=1S/C16H11F3N2OS/c17-16(18,19)13-9-5-4-8-12(13)10-23-15-21-20-14(22-15)11-6-2-1-3-7-11/h1-9H,10H2. The summed E-state index contributed by atoms with van der Waals surface area (Å²) in [7, 11) is 0. The van der Waals surface area contributed by atoms with Gasteiger partial charge in [-0.2, -0.15) is 13.2 Å². The molecule has 0 aliphatic heterocycles. The third-order valence-corrected chi connectivity index (χ3v) is 3.97. The summed E-state index contributed by atoms with van der Waals surface area (Å²) in [6, 6.07) is 14.7. The molecular formula is C16H11F3N2OS. The van der Waals surface area contributed by atoms with Crippen molar-refractivity contribution >= 4 is 11.8 Å².